The van der Waals surface area contributed by atoms with Gasteiger partial charge in [-0.25, -0.2) is 4.98 Å². The summed E-state index contributed by atoms with van der Waals surface area (Å²) in [4.78, 5) is 9.38. The summed E-state index contributed by atoms with van der Waals surface area (Å²) in [6.07, 6.45) is 7.36. The second kappa shape index (κ2) is 7.07. The smallest absolute Gasteiger partial charge is 0.128 e. The average molecular weight is 275 g/mol. The van der Waals surface area contributed by atoms with Crippen molar-refractivity contribution in [3.8, 4) is 0 Å². The zero-order valence-electron chi connectivity index (χ0n) is 13.3. The van der Waals surface area contributed by atoms with Crippen molar-refractivity contribution in [3.63, 3.8) is 0 Å². The van der Waals surface area contributed by atoms with Crippen molar-refractivity contribution in [1.82, 2.24) is 9.88 Å². The number of hydrogen-bond acceptors (Lipinski definition) is 3. The van der Waals surface area contributed by atoms with Gasteiger partial charge in [-0.2, -0.15) is 0 Å². The summed E-state index contributed by atoms with van der Waals surface area (Å²) in [5, 5.41) is 0. The van der Waals surface area contributed by atoms with Gasteiger partial charge in [0.2, 0.25) is 0 Å². The molecule has 2 aliphatic rings. The first kappa shape index (κ1) is 15.3. The highest BCUT2D eigenvalue weighted by atomic mass is 15.2. The summed E-state index contributed by atoms with van der Waals surface area (Å²) in [5.41, 5.74) is 0.637. The van der Waals surface area contributed by atoms with E-state index >= 15 is 0 Å². The SMILES string of the molecule is CC.CN1CCC2(CC1)CCN(c1ccccn1)CC2. The molecule has 2 fully saturated rings. The summed E-state index contributed by atoms with van der Waals surface area (Å²) in [6, 6.07) is 6.21. The van der Waals surface area contributed by atoms with E-state index in [0.29, 0.717) is 5.41 Å². The van der Waals surface area contributed by atoms with Gasteiger partial charge >= 0.3 is 0 Å². The van der Waals surface area contributed by atoms with Crippen LogP contribution in [0.1, 0.15) is 39.5 Å². The lowest BCUT2D eigenvalue weighted by Crippen LogP contribution is -2.46. The van der Waals surface area contributed by atoms with Crippen molar-refractivity contribution >= 4 is 5.82 Å². The van der Waals surface area contributed by atoms with Gasteiger partial charge in [-0.1, -0.05) is 19.9 Å². The van der Waals surface area contributed by atoms with Crippen LogP contribution < -0.4 is 4.90 Å². The normalized spacial score (nSPS) is 22.2. The van der Waals surface area contributed by atoms with Gasteiger partial charge in [-0.15, -0.1) is 0 Å². The first-order valence-electron chi connectivity index (χ1n) is 8.12. The fraction of sp³-hybridized carbons (Fsp3) is 0.706. The minimum atomic E-state index is 0.637. The van der Waals surface area contributed by atoms with Crippen LogP contribution in [0.15, 0.2) is 24.4 Å². The van der Waals surface area contributed by atoms with E-state index in [1.165, 1.54) is 51.9 Å². The molecule has 3 nitrogen and oxygen atoms in total. The number of likely N-dealkylation sites (tertiary alicyclic amines) is 1. The van der Waals surface area contributed by atoms with Crippen LogP contribution in [0.25, 0.3) is 0 Å². The molecule has 0 N–H and O–H groups in total. The summed E-state index contributed by atoms with van der Waals surface area (Å²) in [7, 11) is 2.25. The third kappa shape index (κ3) is 3.51. The van der Waals surface area contributed by atoms with E-state index in [1.807, 2.05) is 26.1 Å². The molecule has 20 heavy (non-hydrogen) atoms. The molecule has 0 saturated carbocycles. The molecule has 3 heteroatoms. The lowest BCUT2D eigenvalue weighted by molar-refractivity contribution is 0.0943. The van der Waals surface area contributed by atoms with Crippen LogP contribution in [-0.4, -0.2) is 43.1 Å². The van der Waals surface area contributed by atoms with Gasteiger partial charge in [-0.3, -0.25) is 0 Å². The average Bonchev–Trinajstić information content (AvgIpc) is 2.54. The molecule has 2 aliphatic heterocycles. The van der Waals surface area contributed by atoms with Crippen LogP contribution in [0.4, 0.5) is 5.82 Å². The van der Waals surface area contributed by atoms with E-state index in [4.69, 9.17) is 0 Å². The molecule has 0 unspecified atom stereocenters. The molecule has 3 rings (SSSR count). The minimum absolute atomic E-state index is 0.637. The molecule has 112 valence electrons. The maximum atomic E-state index is 4.47. The van der Waals surface area contributed by atoms with Crippen molar-refractivity contribution in [2.24, 2.45) is 5.41 Å². The Bertz CT molecular complexity index is 372. The molecule has 0 radical (unpaired) electrons. The predicted molar refractivity (Wildman–Crippen MR) is 86.2 cm³/mol. The van der Waals surface area contributed by atoms with Crippen LogP contribution in [0.5, 0.6) is 0 Å². The molecule has 1 aromatic heterocycles. The largest absolute Gasteiger partial charge is 0.357 e. The summed E-state index contributed by atoms with van der Waals surface area (Å²) in [6.45, 7) is 8.93. The lowest BCUT2D eigenvalue weighted by Gasteiger charge is -2.46. The molecule has 1 aromatic rings. The van der Waals surface area contributed by atoms with Gasteiger partial charge in [0, 0.05) is 19.3 Å². The molecular weight excluding hydrogens is 246 g/mol. The third-order valence-electron chi connectivity index (χ3n) is 4.85. The Morgan fingerprint density at radius 1 is 0.950 bits per heavy atom. The number of rotatable bonds is 1. The molecule has 2 saturated heterocycles. The van der Waals surface area contributed by atoms with Gasteiger partial charge < -0.3 is 9.80 Å². The Kier molecular flexibility index (Phi) is 5.41. The number of anilines is 1. The summed E-state index contributed by atoms with van der Waals surface area (Å²) < 4.78 is 0. The quantitative estimate of drug-likeness (QED) is 0.783. The van der Waals surface area contributed by atoms with E-state index in [1.54, 1.807) is 0 Å². The van der Waals surface area contributed by atoms with Crippen molar-refractivity contribution < 1.29 is 0 Å². The Morgan fingerprint density at radius 2 is 1.55 bits per heavy atom. The summed E-state index contributed by atoms with van der Waals surface area (Å²) >= 11 is 0. The van der Waals surface area contributed by atoms with Crippen LogP contribution in [0.2, 0.25) is 0 Å². The first-order valence-corrected chi connectivity index (χ1v) is 8.12. The Balaban J connectivity index is 0.000000704. The Hall–Kier alpha value is -1.09. The molecule has 3 heterocycles. The van der Waals surface area contributed by atoms with Crippen molar-refractivity contribution in [2.45, 2.75) is 39.5 Å². The lowest BCUT2D eigenvalue weighted by atomic mass is 9.71. The van der Waals surface area contributed by atoms with Crippen LogP contribution in [-0.2, 0) is 0 Å². The van der Waals surface area contributed by atoms with Crippen molar-refractivity contribution in [3.05, 3.63) is 24.4 Å². The topological polar surface area (TPSA) is 19.4 Å². The number of nitrogens with zero attached hydrogens (tertiary/aromatic N) is 3. The first-order chi connectivity index (χ1) is 9.77. The fourth-order valence-electron chi connectivity index (χ4n) is 3.34. The van der Waals surface area contributed by atoms with Gasteiger partial charge in [-0.05, 0) is 63.4 Å². The zero-order valence-corrected chi connectivity index (χ0v) is 13.3. The number of aromatic nitrogens is 1. The Morgan fingerprint density at radius 3 is 2.10 bits per heavy atom. The van der Waals surface area contributed by atoms with E-state index < -0.39 is 0 Å². The van der Waals surface area contributed by atoms with Gasteiger partial charge in [0.05, 0.1) is 0 Å². The van der Waals surface area contributed by atoms with E-state index in [-0.39, 0.29) is 0 Å². The molecule has 0 amide bonds. The van der Waals surface area contributed by atoms with Gasteiger partial charge in [0.15, 0.2) is 0 Å². The molecule has 0 aliphatic carbocycles. The number of hydrogen-bond donors (Lipinski definition) is 0. The van der Waals surface area contributed by atoms with Crippen LogP contribution in [0, 0.1) is 5.41 Å². The van der Waals surface area contributed by atoms with Crippen LogP contribution in [0.3, 0.4) is 0 Å². The highest BCUT2D eigenvalue weighted by Crippen LogP contribution is 2.41. The second-order valence-corrected chi connectivity index (χ2v) is 5.98. The standard InChI is InChI=1S/C15H23N3.C2H6/c1-17-10-5-15(6-11-17)7-12-18(13-8-15)14-4-2-3-9-16-14;1-2/h2-4,9H,5-8,10-13H2,1H3;1-2H3. The molecule has 0 aromatic carbocycles. The fourth-order valence-corrected chi connectivity index (χ4v) is 3.34. The number of piperidine rings is 2. The minimum Gasteiger partial charge on any atom is -0.357 e. The highest BCUT2D eigenvalue weighted by Gasteiger charge is 2.36. The van der Waals surface area contributed by atoms with Gasteiger partial charge in [0.25, 0.3) is 0 Å². The molecule has 0 atom stereocenters. The maximum Gasteiger partial charge on any atom is 0.128 e. The number of pyridine rings is 1. The molecular formula is C17H29N3. The van der Waals surface area contributed by atoms with E-state index in [0.717, 1.165) is 5.82 Å². The molecule has 0 bridgehead atoms. The monoisotopic (exact) mass is 275 g/mol. The van der Waals surface area contributed by atoms with Crippen molar-refractivity contribution in [2.75, 3.05) is 38.1 Å². The maximum absolute atomic E-state index is 4.47. The zero-order chi connectivity index (χ0) is 14.4. The third-order valence-corrected chi connectivity index (χ3v) is 4.85. The van der Waals surface area contributed by atoms with Crippen LogP contribution >= 0.6 is 0 Å². The van der Waals surface area contributed by atoms with E-state index in [9.17, 15) is 0 Å². The molecule has 1 spiro atoms. The predicted octanol–water partition coefficient (Wildman–Crippen LogP) is 3.42. The highest BCUT2D eigenvalue weighted by molar-refractivity contribution is 5.38. The van der Waals surface area contributed by atoms with Gasteiger partial charge in [0.1, 0.15) is 5.82 Å². The van der Waals surface area contributed by atoms with Crippen molar-refractivity contribution in [1.29, 1.82) is 0 Å². The summed E-state index contributed by atoms with van der Waals surface area (Å²) in [5.74, 6) is 1.15. The van der Waals surface area contributed by atoms with E-state index in [2.05, 4.69) is 34.0 Å². The Labute approximate surface area is 124 Å². The second-order valence-electron chi connectivity index (χ2n) is 5.98.